The minimum atomic E-state index is -0.264. The summed E-state index contributed by atoms with van der Waals surface area (Å²) in [6.07, 6.45) is 12.1. The smallest absolute Gasteiger partial charge is 0.172 e. The first kappa shape index (κ1) is 15.9. The van der Waals surface area contributed by atoms with Crippen LogP contribution in [0.3, 0.4) is 0 Å². The Hall–Kier alpha value is -0.340. The summed E-state index contributed by atoms with van der Waals surface area (Å²) in [6.45, 7) is 9.21. The highest BCUT2D eigenvalue weighted by Crippen LogP contribution is 2.66. The second-order valence-corrected chi connectivity index (χ2v) is 10.1. The summed E-state index contributed by atoms with van der Waals surface area (Å²) in [5, 5.41) is 0. The number of allylic oxidation sites excluding steroid dienone is 1. The Morgan fingerprint density at radius 1 is 0.917 bits per heavy atom. The summed E-state index contributed by atoms with van der Waals surface area (Å²) in [7, 11) is 0. The van der Waals surface area contributed by atoms with Crippen LogP contribution in [0.25, 0.3) is 0 Å². The van der Waals surface area contributed by atoms with Crippen LogP contribution in [0.15, 0.2) is 11.1 Å². The first-order chi connectivity index (χ1) is 11.5. The highest BCUT2D eigenvalue weighted by molar-refractivity contribution is 5.31. The van der Waals surface area contributed by atoms with Crippen LogP contribution in [0.1, 0.15) is 78.6 Å². The molecule has 1 aliphatic heterocycles. The summed E-state index contributed by atoms with van der Waals surface area (Å²) in [5.41, 5.74) is 4.48. The van der Waals surface area contributed by atoms with E-state index in [1.54, 1.807) is 11.1 Å². The van der Waals surface area contributed by atoms with Crippen LogP contribution >= 0.6 is 0 Å². The summed E-state index contributed by atoms with van der Waals surface area (Å²) < 4.78 is 12.2. The third-order valence-electron chi connectivity index (χ3n) is 9.07. The van der Waals surface area contributed by atoms with E-state index in [1.807, 2.05) is 0 Å². The van der Waals surface area contributed by atoms with Crippen LogP contribution < -0.4 is 0 Å². The highest BCUT2D eigenvalue weighted by atomic mass is 16.7. The van der Waals surface area contributed by atoms with Crippen molar-refractivity contribution < 1.29 is 9.47 Å². The first-order valence-electron chi connectivity index (χ1n) is 10.4. The third kappa shape index (κ3) is 2.02. The minimum absolute atomic E-state index is 0.264. The van der Waals surface area contributed by atoms with Crippen molar-refractivity contribution in [2.75, 3.05) is 13.2 Å². The lowest BCUT2D eigenvalue weighted by Gasteiger charge is -2.59. The lowest BCUT2D eigenvalue weighted by atomic mass is 9.47. The SMILES string of the molecule is CC1=C2CC3(CCC2(C)C2CCC4(C)CCCC4C2C1)OCCO3. The third-order valence-corrected chi connectivity index (χ3v) is 9.07. The monoisotopic (exact) mass is 330 g/mol. The lowest BCUT2D eigenvalue weighted by Crippen LogP contribution is -2.52. The van der Waals surface area contributed by atoms with Crippen molar-refractivity contribution in [3.8, 4) is 0 Å². The summed E-state index contributed by atoms with van der Waals surface area (Å²) in [6, 6.07) is 0. The Labute approximate surface area is 147 Å². The molecule has 134 valence electrons. The fraction of sp³-hybridized carbons (Fsp3) is 0.909. The molecule has 0 bridgehead atoms. The van der Waals surface area contributed by atoms with Gasteiger partial charge in [0.1, 0.15) is 0 Å². The van der Waals surface area contributed by atoms with Crippen molar-refractivity contribution >= 4 is 0 Å². The van der Waals surface area contributed by atoms with Gasteiger partial charge in [0.15, 0.2) is 5.79 Å². The largest absolute Gasteiger partial charge is 0.347 e. The van der Waals surface area contributed by atoms with Crippen LogP contribution in [-0.4, -0.2) is 19.0 Å². The maximum absolute atomic E-state index is 6.09. The summed E-state index contributed by atoms with van der Waals surface area (Å²) >= 11 is 0. The van der Waals surface area contributed by atoms with Gasteiger partial charge in [-0.2, -0.15) is 0 Å². The molecule has 0 amide bonds. The Kier molecular flexibility index (Phi) is 3.37. The zero-order chi connectivity index (χ0) is 16.6. The fourth-order valence-corrected chi connectivity index (χ4v) is 7.78. The topological polar surface area (TPSA) is 18.5 Å². The highest BCUT2D eigenvalue weighted by Gasteiger charge is 2.59. The van der Waals surface area contributed by atoms with Crippen LogP contribution in [-0.2, 0) is 9.47 Å². The van der Waals surface area contributed by atoms with Crippen LogP contribution in [0.4, 0.5) is 0 Å². The van der Waals surface area contributed by atoms with Gasteiger partial charge in [0.2, 0.25) is 0 Å². The number of rotatable bonds is 0. The second-order valence-electron chi connectivity index (χ2n) is 10.1. The molecule has 0 aromatic carbocycles. The molecule has 1 heterocycles. The van der Waals surface area contributed by atoms with Crippen molar-refractivity contribution in [3.63, 3.8) is 0 Å². The number of hydrogen-bond acceptors (Lipinski definition) is 2. The number of ether oxygens (including phenoxy) is 2. The van der Waals surface area contributed by atoms with E-state index in [4.69, 9.17) is 9.47 Å². The molecular formula is C22H34O2. The minimum Gasteiger partial charge on any atom is -0.347 e. The van der Waals surface area contributed by atoms with E-state index < -0.39 is 0 Å². The molecule has 2 heteroatoms. The molecule has 5 atom stereocenters. The van der Waals surface area contributed by atoms with E-state index in [0.717, 1.165) is 43.8 Å². The van der Waals surface area contributed by atoms with Gasteiger partial charge in [-0.1, -0.05) is 31.4 Å². The van der Waals surface area contributed by atoms with Crippen molar-refractivity contribution in [2.45, 2.75) is 84.3 Å². The van der Waals surface area contributed by atoms with Crippen LogP contribution in [0.5, 0.6) is 0 Å². The molecule has 1 spiro atoms. The van der Waals surface area contributed by atoms with Gasteiger partial charge in [0, 0.05) is 12.8 Å². The zero-order valence-corrected chi connectivity index (χ0v) is 15.8. The Morgan fingerprint density at radius 3 is 2.50 bits per heavy atom. The average Bonchev–Trinajstić information content (AvgIpc) is 3.16. The average molecular weight is 331 g/mol. The molecule has 0 radical (unpaired) electrons. The van der Waals surface area contributed by atoms with E-state index in [0.29, 0.717) is 10.8 Å². The quantitative estimate of drug-likeness (QED) is 0.548. The normalized spacial score (nSPS) is 49.9. The van der Waals surface area contributed by atoms with Crippen molar-refractivity contribution in [1.82, 2.24) is 0 Å². The molecule has 5 unspecified atom stereocenters. The van der Waals surface area contributed by atoms with Gasteiger partial charge in [-0.3, -0.25) is 0 Å². The van der Waals surface area contributed by atoms with Gasteiger partial charge in [-0.15, -0.1) is 0 Å². The van der Waals surface area contributed by atoms with Gasteiger partial charge in [-0.25, -0.2) is 0 Å². The van der Waals surface area contributed by atoms with E-state index in [2.05, 4.69) is 20.8 Å². The summed E-state index contributed by atoms with van der Waals surface area (Å²) in [4.78, 5) is 0. The predicted octanol–water partition coefficient (Wildman–Crippen LogP) is 5.47. The molecule has 2 nitrogen and oxygen atoms in total. The van der Waals surface area contributed by atoms with Gasteiger partial charge < -0.3 is 9.47 Å². The number of fused-ring (bicyclic) bond motifs is 5. The van der Waals surface area contributed by atoms with Crippen LogP contribution in [0, 0.1) is 28.6 Å². The Morgan fingerprint density at radius 2 is 1.71 bits per heavy atom. The van der Waals surface area contributed by atoms with Gasteiger partial charge >= 0.3 is 0 Å². The van der Waals surface area contributed by atoms with Crippen LogP contribution in [0.2, 0.25) is 0 Å². The van der Waals surface area contributed by atoms with E-state index in [9.17, 15) is 0 Å². The van der Waals surface area contributed by atoms with E-state index in [-0.39, 0.29) is 5.79 Å². The van der Waals surface area contributed by atoms with Crippen molar-refractivity contribution in [1.29, 1.82) is 0 Å². The maximum atomic E-state index is 6.09. The Balaban J connectivity index is 1.51. The molecule has 4 aliphatic carbocycles. The maximum Gasteiger partial charge on any atom is 0.172 e. The molecule has 4 fully saturated rings. The molecule has 0 aromatic heterocycles. The second kappa shape index (κ2) is 5.10. The first-order valence-corrected chi connectivity index (χ1v) is 10.4. The summed E-state index contributed by atoms with van der Waals surface area (Å²) in [5.74, 6) is 2.57. The molecule has 5 rings (SSSR count). The molecular weight excluding hydrogens is 296 g/mol. The standard InChI is InChI=1S/C22H34O2/c1-15-13-16-17-5-4-7-20(17,2)8-6-18(16)21(3)9-10-22(14-19(15)21)23-11-12-24-22/h16-18H,4-14H2,1-3H3. The Bertz CT molecular complexity index is 573. The molecule has 5 aliphatic rings. The zero-order valence-electron chi connectivity index (χ0n) is 15.8. The van der Waals surface area contributed by atoms with Gasteiger partial charge in [0.25, 0.3) is 0 Å². The molecule has 0 N–H and O–H groups in total. The van der Waals surface area contributed by atoms with Gasteiger partial charge in [-0.05, 0) is 74.0 Å². The van der Waals surface area contributed by atoms with Crippen molar-refractivity contribution in [3.05, 3.63) is 11.1 Å². The van der Waals surface area contributed by atoms with Crippen molar-refractivity contribution in [2.24, 2.45) is 28.6 Å². The molecule has 24 heavy (non-hydrogen) atoms. The van der Waals surface area contributed by atoms with Gasteiger partial charge in [0.05, 0.1) is 13.2 Å². The lowest BCUT2D eigenvalue weighted by molar-refractivity contribution is -0.185. The molecule has 0 aromatic rings. The molecule has 3 saturated carbocycles. The molecule has 1 saturated heterocycles. The fourth-order valence-electron chi connectivity index (χ4n) is 7.78. The van der Waals surface area contributed by atoms with E-state index in [1.165, 1.54) is 44.9 Å². The van der Waals surface area contributed by atoms with E-state index >= 15 is 0 Å². The predicted molar refractivity (Wildman–Crippen MR) is 95.6 cm³/mol. The number of hydrogen-bond donors (Lipinski definition) is 0.